The minimum atomic E-state index is -0.315. The summed E-state index contributed by atoms with van der Waals surface area (Å²) in [7, 11) is 0. The normalized spacial score (nSPS) is 8.43. The van der Waals surface area contributed by atoms with Crippen molar-refractivity contribution in [3.63, 3.8) is 0 Å². The van der Waals surface area contributed by atoms with Gasteiger partial charge in [0.2, 0.25) is 0 Å². The van der Waals surface area contributed by atoms with Crippen LogP contribution in [0.15, 0.2) is 18.2 Å². The van der Waals surface area contributed by atoms with E-state index in [1.807, 2.05) is 0 Å². The first-order valence-corrected chi connectivity index (χ1v) is 4.13. The van der Waals surface area contributed by atoms with Crippen molar-refractivity contribution in [1.82, 2.24) is 0 Å². The number of hydrogen-bond donors (Lipinski definition) is 0. The van der Waals surface area contributed by atoms with Crippen LogP contribution in [0.2, 0.25) is 0 Å². The maximum absolute atomic E-state index is 12.9. The van der Waals surface area contributed by atoms with Gasteiger partial charge in [-0.25, -0.2) is 4.39 Å². The summed E-state index contributed by atoms with van der Waals surface area (Å²) < 4.78 is 18.0. The topological polar surface area (TPSA) is 9.23 Å². The molecule has 14 heavy (non-hydrogen) atoms. The smallest absolute Gasteiger partial charge is 1.00 e. The molecular formula is C10H12BrFMgO. The number of ether oxygens (including phenoxy) is 1. The Bertz CT molecular complexity index is 245. The molecule has 0 fully saturated rings. The standard InChI is InChI=1S/C10H12FO.BrH.Mg/c1-2-3-8-12-10-7-5-4-6-9(10)11;;/h4,6-7H,2-3,8H2,1H3;1H;/q-1;;+2/p-1. The van der Waals surface area contributed by atoms with Crippen molar-refractivity contribution < 1.29 is 26.1 Å². The second-order valence-corrected chi connectivity index (χ2v) is 2.56. The SMILES string of the molecule is CCCCOc1c[c-]ccc1F.[Br-].[Mg+2]. The second kappa shape index (κ2) is 9.74. The quantitative estimate of drug-likeness (QED) is 0.405. The van der Waals surface area contributed by atoms with Crippen LogP contribution in [0.25, 0.3) is 0 Å². The Kier molecular flexibility index (Phi) is 11.6. The van der Waals surface area contributed by atoms with Crippen LogP contribution >= 0.6 is 0 Å². The van der Waals surface area contributed by atoms with Crippen molar-refractivity contribution in [2.24, 2.45) is 0 Å². The van der Waals surface area contributed by atoms with Crippen molar-refractivity contribution >= 4 is 23.1 Å². The average molecular weight is 271 g/mol. The van der Waals surface area contributed by atoms with E-state index in [1.54, 1.807) is 0 Å². The van der Waals surface area contributed by atoms with E-state index in [0.29, 0.717) is 12.4 Å². The Labute approximate surface area is 111 Å². The largest absolute Gasteiger partial charge is 2.00 e. The average Bonchev–Trinajstić information content (AvgIpc) is 2.09. The first kappa shape index (κ1) is 16.6. The van der Waals surface area contributed by atoms with E-state index in [1.165, 1.54) is 18.2 Å². The van der Waals surface area contributed by atoms with E-state index in [-0.39, 0.29) is 45.9 Å². The van der Waals surface area contributed by atoms with Gasteiger partial charge in [0.15, 0.2) is 0 Å². The van der Waals surface area contributed by atoms with Crippen LogP contribution in [-0.4, -0.2) is 29.7 Å². The molecule has 0 saturated heterocycles. The molecule has 0 saturated carbocycles. The molecule has 1 rings (SSSR count). The van der Waals surface area contributed by atoms with E-state index < -0.39 is 0 Å². The van der Waals surface area contributed by atoms with Gasteiger partial charge in [0.1, 0.15) is 0 Å². The predicted octanol–water partition coefficient (Wildman–Crippen LogP) is -0.572. The molecule has 0 aliphatic heterocycles. The number of benzene rings is 1. The molecule has 0 aliphatic rings. The zero-order valence-electron chi connectivity index (χ0n) is 8.22. The first-order chi connectivity index (χ1) is 5.84. The van der Waals surface area contributed by atoms with Gasteiger partial charge in [-0.2, -0.15) is 12.1 Å². The molecule has 1 aromatic carbocycles. The number of rotatable bonds is 4. The molecule has 0 amide bonds. The summed E-state index contributed by atoms with van der Waals surface area (Å²) in [6.07, 6.45) is 2.01. The van der Waals surface area contributed by atoms with Gasteiger partial charge in [0, 0.05) is 5.75 Å². The van der Waals surface area contributed by atoms with Gasteiger partial charge < -0.3 is 21.7 Å². The fourth-order valence-electron chi connectivity index (χ4n) is 0.833. The predicted molar refractivity (Wildman–Crippen MR) is 51.4 cm³/mol. The number of unbranched alkanes of at least 4 members (excludes halogenated alkanes) is 1. The van der Waals surface area contributed by atoms with Gasteiger partial charge in [0.25, 0.3) is 0 Å². The third-order valence-corrected chi connectivity index (χ3v) is 1.53. The number of hydrogen-bond acceptors (Lipinski definition) is 1. The van der Waals surface area contributed by atoms with Crippen molar-refractivity contribution in [3.8, 4) is 5.75 Å². The first-order valence-electron chi connectivity index (χ1n) is 4.13. The minimum Gasteiger partial charge on any atom is -1.00 e. The van der Waals surface area contributed by atoms with Crippen LogP contribution in [0.5, 0.6) is 5.75 Å². The zero-order valence-corrected chi connectivity index (χ0v) is 11.2. The summed E-state index contributed by atoms with van der Waals surface area (Å²) in [5, 5.41) is 0. The Balaban J connectivity index is 0. The van der Waals surface area contributed by atoms with E-state index in [2.05, 4.69) is 13.0 Å². The Hall–Kier alpha value is 0.196. The van der Waals surface area contributed by atoms with Gasteiger partial charge in [0.05, 0.1) is 12.4 Å². The molecule has 1 nitrogen and oxygen atoms in total. The van der Waals surface area contributed by atoms with Crippen LogP contribution in [-0.2, 0) is 0 Å². The van der Waals surface area contributed by atoms with Crippen LogP contribution in [0.1, 0.15) is 19.8 Å². The fourth-order valence-corrected chi connectivity index (χ4v) is 0.833. The minimum absolute atomic E-state index is 0. The van der Waals surface area contributed by atoms with Gasteiger partial charge in [-0.15, -0.1) is 12.1 Å². The Morgan fingerprint density at radius 3 is 2.79 bits per heavy atom. The summed E-state index contributed by atoms with van der Waals surface area (Å²) in [5.41, 5.74) is 0. The monoisotopic (exact) mass is 270 g/mol. The van der Waals surface area contributed by atoms with Crippen LogP contribution in [0, 0.1) is 11.9 Å². The summed E-state index contributed by atoms with van der Waals surface area (Å²) in [6, 6.07) is 7.16. The van der Waals surface area contributed by atoms with E-state index in [9.17, 15) is 4.39 Å². The summed E-state index contributed by atoms with van der Waals surface area (Å²) in [5.74, 6) is -0.0178. The van der Waals surface area contributed by atoms with Gasteiger partial charge >= 0.3 is 23.1 Å². The number of halogens is 2. The molecule has 0 N–H and O–H groups in total. The Morgan fingerprint density at radius 2 is 2.21 bits per heavy atom. The molecule has 0 radical (unpaired) electrons. The Morgan fingerprint density at radius 1 is 1.50 bits per heavy atom. The molecule has 0 heterocycles. The third-order valence-electron chi connectivity index (χ3n) is 1.53. The zero-order chi connectivity index (χ0) is 8.81. The molecule has 0 aromatic heterocycles. The van der Waals surface area contributed by atoms with Crippen LogP contribution < -0.4 is 21.7 Å². The summed E-state index contributed by atoms with van der Waals surface area (Å²) >= 11 is 0. The maximum Gasteiger partial charge on any atom is 2.00 e. The van der Waals surface area contributed by atoms with Gasteiger partial charge in [-0.1, -0.05) is 13.3 Å². The molecule has 0 bridgehead atoms. The molecule has 74 valence electrons. The summed E-state index contributed by atoms with van der Waals surface area (Å²) in [6.45, 7) is 2.64. The molecule has 0 aliphatic carbocycles. The molecular weight excluding hydrogens is 259 g/mol. The second-order valence-electron chi connectivity index (χ2n) is 2.56. The van der Waals surface area contributed by atoms with Crippen LogP contribution in [0.4, 0.5) is 4.39 Å². The molecule has 0 unspecified atom stereocenters. The van der Waals surface area contributed by atoms with Crippen molar-refractivity contribution in [2.75, 3.05) is 6.61 Å². The van der Waals surface area contributed by atoms with Gasteiger partial charge in [-0.05, 0) is 6.42 Å². The molecule has 0 spiro atoms. The van der Waals surface area contributed by atoms with E-state index in [4.69, 9.17) is 4.74 Å². The van der Waals surface area contributed by atoms with Crippen LogP contribution in [0.3, 0.4) is 0 Å². The maximum atomic E-state index is 12.9. The van der Waals surface area contributed by atoms with E-state index in [0.717, 1.165) is 12.8 Å². The van der Waals surface area contributed by atoms with Crippen molar-refractivity contribution in [3.05, 3.63) is 30.1 Å². The van der Waals surface area contributed by atoms with E-state index >= 15 is 0 Å². The van der Waals surface area contributed by atoms with Gasteiger partial charge in [-0.3, -0.25) is 0 Å². The molecule has 4 heteroatoms. The molecule has 1 aromatic rings. The summed E-state index contributed by atoms with van der Waals surface area (Å²) in [4.78, 5) is 0. The fraction of sp³-hybridized carbons (Fsp3) is 0.400. The van der Waals surface area contributed by atoms with Crippen molar-refractivity contribution in [1.29, 1.82) is 0 Å². The molecule has 0 atom stereocenters. The third kappa shape index (κ3) is 5.83. The van der Waals surface area contributed by atoms with Crippen molar-refractivity contribution in [2.45, 2.75) is 19.8 Å².